The molecule has 2 amide bonds. The minimum absolute atomic E-state index is 0.0571. The average Bonchev–Trinajstić information content (AvgIpc) is 3.23. The summed E-state index contributed by atoms with van der Waals surface area (Å²) in [6.45, 7) is 0.855. The molecular weight excluding hydrogens is 382 g/mol. The Morgan fingerprint density at radius 3 is 2.70 bits per heavy atom. The first-order chi connectivity index (χ1) is 14.7. The Morgan fingerprint density at radius 2 is 1.90 bits per heavy atom. The zero-order chi connectivity index (χ0) is 21.2. The highest BCUT2D eigenvalue weighted by Crippen LogP contribution is 2.13. The molecule has 3 aromatic rings. The van der Waals surface area contributed by atoms with Crippen molar-refractivity contribution in [3.8, 4) is 0 Å². The van der Waals surface area contributed by atoms with Crippen molar-refractivity contribution in [1.29, 1.82) is 0 Å². The lowest BCUT2D eigenvalue weighted by Crippen LogP contribution is -2.26. The molecule has 3 rings (SSSR count). The molecule has 0 aliphatic carbocycles. The number of hydrogen-bond acceptors (Lipinski definition) is 5. The van der Waals surface area contributed by atoms with E-state index in [2.05, 4.69) is 26.1 Å². The lowest BCUT2D eigenvalue weighted by Gasteiger charge is -2.07. The van der Waals surface area contributed by atoms with Crippen LogP contribution in [0.4, 0.5) is 5.69 Å². The molecule has 0 fully saturated rings. The number of fused-ring (bicyclic) bond motifs is 1. The Balaban J connectivity index is 1.42. The number of nitrogens with zero attached hydrogens (tertiary/aromatic N) is 1. The van der Waals surface area contributed by atoms with E-state index in [1.54, 1.807) is 18.3 Å². The van der Waals surface area contributed by atoms with Crippen LogP contribution >= 0.6 is 0 Å². The largest absolute Gasteiger partial charge is 0.395 e. The van der Waals surface area contributed by atoms with E-state index in [4.69, 9.17) is 5.11 Å². The molecule has 1 aromatic heterocycles. The van der Waals surface area contributed by atoms with Gasteiger partial charge in [0.2, 0.25) is 5.91 Å². The van der Waals surface area contributed by atoms with Gasteiger partial charge in [-0.2, -0.15) is 5.10 Å². The van der Waals surface area contributed by atoms with Crippen LogP contribution in [0.3, 0.4) is 0 Å². The molecule has 5 N–H and O–H groups in total. The topological polar surface area (TPSA) is 119 Å². The number of H-pyrrole nitrogens is 1. The Kier molecular flexibility index (Phi) is 7.57. The summed E-state index contributed by atoms with van der Waals surface area (Å²) in [5.74, 6) is -0.370. The van der Waals surface area contributed by atoms with Gasteiger partial charge in [0.25, 0.3) is 5.91 Å². The monoisotopic (exact) mass is 407 g/mol. The maximum absolute atomic E-state index is 12.2. The zero-order valence-corrected chi connectivity index (χ0v) is 16.5. The van der Waals surface area contributed by atoms with Crippen LogP contribution in [-0.4, -0.2) is 47.8 Å². The van der Waals surface area contributed by atoms with Crippen LogP contribution in [0.5, 0.6) is 0 Å². The number of carbonyl (C=O) groups excluding carboxylic acids is 2. The van der Waals surface area contributed by atoms with Crippen LogP contribution in [0.15, 0.2) is 59.8 Å². The van der Waals surface area contributed by atoms with Crippen LogP contribution in [0.1, 0.15) is 28.8 Å². The lowest BCUT2D eigenvalue weighted by atomic mass is 10.2. The molecule has 0 radical (unpaired) electrons. The van der Waals surface area contributed by atoms with Crippen LogP contribution in [0.25, 0.3) is 10.9 Å². The van der Waals surface area contributed by atoms with E-state index in [1.165, 1.54) is 0 Å². The van der Waals surface area contributed by atoms with Gasteiger partial charge in [0.1, 0.15) is 0 Å². The molecule has 2 aromatic carbocycles. The summed E-state index contributed by atoms with van der Waals surface area (Å²) in [4.78, 5) is 26.8. The Bertz CT molecular complexity index is 1010. The van der Waals surface area contributed by atoms with Crippen LogP contribution in [0, 0.1) is 0 Å². The summed E-state index contributed by atoms with van der Waals surface area (Å²) >= 11 is 0. The summed E-state index contributed by atoms with van der Waals surface area (Å²) in [5, 5.41) is 19.6. The maximum atomic E-state index is 12.2. The first-order valence-corrected chi connectivity index (χ1v) is 9.78. The number of aromatic amines is 1. The summed E-state index contributed by atoms with van der Waals surface area (Å²) < 4.78 is 0. The van der Waals surface area contributed by atoms with E-state index in [0.717, 1.165) is 22.2 Å². The molecule has 0 unspecified atom stereocenters. The van der Waals surface area contributed by atoms with Crippen molar-refractivity contribution in [1.82, 2.24) is 15.7 Å². The van der Waals surface area contributed by atoms with E-state index in [1.807, 2.05) is 42.6 Å². The van der Waals surface area contributed by atoms with E-state index >= 15 is 0 Å². The number of carbonyl (C=O) groups is 2. The molecule has 0 saturated carbocycles. The van der Waals surface area contributed by atoms with Crippen molar-refractivity contribution in [3.05, 3.63) is 65.9 Å². The average molecular weight is 407 g/mol. The maximum Gasteiger partial charge on any atom is 0.271 e. The SMILES string of the molecule is O=C(CCCNc1ccc(C(=O)NN=Cc2ccc3cc[nH]c3c2)cc1)NCCO. The van der Waals surface area contributed by atoms with E-state index < -0.39 is 0 Å². The van der Waals surface area contributed by atoms with Gasteiger partial charge >= 0.3 is 0 Å². The van der Waals surface area contributed by atoms with Crippen LogP contribution < -0.4 is 16.1 Å². The summed E-state index contributed by atoms with van der Waals surface area (Å²) in [6, 6.07) is 14.9. The number of amides is 2. The number of aliphatic hydroxyl groups is 1. The van der Waals surface area contributed by atoms with Gasteiger partial charge in [-0.25, -0.2) is 5.43 Å². The highest BCUT2D eigenvalue weighted by atomic mass is 16.3. The zero-order valence-electron chi connectivity index (χ0n) is 16.5. The van der Waals surface area contributed by atoms with E-state index in [0.29, 0.717) is 24.9 Å². The van der Waals surface area contributed by atoms with Gasteiger partial charge in [-0.3, -0.25) is 9.59 Å². The fourth-order valence-electron chi connectivity index (χ4n) is 2.88. The van der Waals surface area contributed by atoms with Gasteiger partial charge in [0.05, 0.1) is 12.8 Å². The molecule has 1 heterocycles. The molecule has 0 bridgehead atoms. The normalized spacial score (nSPS) is 11.0. The molecule has 8 heteroatoms. The number of hydrazone groups is 1. The molecule has 0 spiro atoms. The van der Waals surface area contributed by atoms with E-state index in [-0.39, 0.29) is 25.0 Å². The second-order valence-corrected chi connectivity index (χ2v) is 6.70. The number of benzene rings is 2. The van der Waals surface area contributed by atoms with Crippen molar-refractivity contribution < 1.29 is 14.7 Å². The highest BCUT2D eigenvalue weighted by Gasteiger charge is 2.04. The molecule has 0 saturated heterocycles. The first kappa shape index (κ1) is 21.1. The summed E-state index contributed by atoms with van der Waals surface area (Å²) in [7, 11) is 0. The predicted molar refractivity (Wildman–Crippen MR) is 118 cm³/mol. The van der Waals surface area contributed by atoms with Crippen molar-refractivity contribution in [3.63, 3.8) is 0 Å². The second kappa shape index (κ2) is 10.8. The number of nitrogens with one attached hydrogen (secondary N) is 4. The summed E-state index contributed by atoms with van der Waals surface area (Å²) in [5.41, 5.74) is 5.79. The number of aromatic nitrogens is 1. The van der Waals surface area contributed by atoms with Crippen LogP contribution in [-0.2, 0) is 4.79 Å². The minimum Gasteiger partial charge on any atom is -0.395 e. The lowest BCUT2D eigenvalue weighted by molar-refractivity contribution is -0.121. The standard InChI is InChI=1S/C22H25N5O3/c28-13-12-25-21(29)2-1-10-23-19-7-5-18(6-8-19)22(30)27-26-15-16-3-4-17-9-11-24-20(17)14-16/h3-9,11,14-15,23-24,28H,1-2,10,12-13H2,(H,25,29)(H,27,30). The van der Waals surface area contributed by atoms with Gasteiger partial charge in [0.15, 0.2) is 0 Å². The third kappa shape index (κ3) is 6.18. The van der Waals surface area contributed by atoms with Crippen LogP contribution in [0.2, 0.25) is 0 Å². The molecule has 0 atom stereocenters. The number of anilines is 1. The second-order valence-electron chi connectivity index (χ2n) is 6.70. The van der Waals surface area contributed by atoms with Crippen molar-refractivity contribution >= 4 is 34.6 Å². The van der Waals surface area contributed by atoms with E-state index in [9.17, 15) is 9.59 Å². The quantitative estimate of drug-likeness (QED) is 0.201. The fraction of sp³-hybridized carbons (Fsp3) is 0.227. The molecule has 0 aliphatic rings. The molecule has 8 nitrogen and oxygen atoms in total. The van der Waals surface area contributed by atoms with Gasteiger partial charge in [-0.1, -0.05) is 12.1 Å². The Labute approximate surface area is 174 Å². The van der Waals surface area contributed by atoms with Gasteiger partial charge in [-0.15, -0.1) is 0 Å². The third-order valence-corrected chi connectivity index (χ3v) is 4.45. The van der Waals surface area contributed by atoms with Gasteiger partial charge in [0, 0.05) is 42.5 Å². The Hall–Kier alpha value is -3.65. The van der Waals surface area contributed by atoms with Crippen molar-refractivity contribution in [2.45, 2.75) is 12.8 Å². The Morgan fingerprint density at radius 1 is 1.07 bits per heavy atom. The summed E-state index contributed by atoms with van der Waals surface area (Å²) in [6.07, 6.45) is 4.54. The van der Waals surface area contributed by atoms with Crippen molar-refractivity contribution in [2.75, 3.05) is 25.0 Å². The third-order valence-electron chi connectivity index (χ3n) is 4.45. The number of hydrogen-bond donors (Lipinski definition) is 5. The van der Waals surface area contributed by atoms with Gasteiger partial charge in [-0.05, 0) is 53.8 Å². The highest BCUT2D eigenvalue weighted by molar-refractivity contribution is 5.95. The molecule has 0 aliphatic heterocycles. The smallest absolute Gasteiger partial charge is 0.271 e. The van der Waals surface area contributed by atoms with Gasteiger partial charge < -0.3 is 20.7 Å². The molecular formula is C22H25N5O3. The minimum atomic E-state index is -0.292. The molecule has 156 valence electrons. The first-order valence-electron chi connectivity index (χ1n) is 9.78. The number of aliphatic hydroxyl groups excluding tert-OH is 1. The van der Waals surface area contributed by atoms with Crippen molar-refractivity contribution in [2.24, 2.45) is 5.10 Å². The fourth-order valence-corrected chi connectivity index (χ4v) is 2.88. The predicted octanol–water partition coefficient (Wildman–Crippen LogP) is 2.23. The number of rotatable bonds is 10. The molecule has 30 heavy (non-hydrogen) atoms.